The van der Waals surface area contributed by atoms with Crippen molar-refractivity contribution in [2.24, 2.45) is 5.73 Å². The van der Waals surface area contributed by atoms with Crippen LogP contribution in [0, 0.1) is 0 Å². The fraction of sp³-hybridized carbons (Fsp3) is 0.455. The molecular formula is C11H13F2NO. The van der Waals surface area contributed by atoms with Gasteiger partial charge in [-0.15, -0.1) is 0 Å². The molecule has 1 aliphatic carbocycles. The second kappa shape index (κ2) is 4.14. The molecule has 0 heterocycles. The molecule has 0 spiro atoms. The molecule has 2 nitrogen and oxygen atoms in total. The Morgan fingerprint density at radius 2 is 2.27 bits per heavy atom. The first-order chi connectivity index (χ1) is 7.16. The van der Waals surface area contributed by atoms with Crippen LogP contribution in [0.15, 0.2) is 18.2 Å². The molecule has 0 saturated carbocycles. The Balaban J connectivity index is 2.09. The molecule has 0 unspecified atom stereocenters. The molecule has 1 aromatic carbocycles. The molecule has 1 atom stereocenters. The summed E-state index contributed by atoms with van der Waals surface area (Å²) in [5, 5.41) is 0. The molecule has 15 heavy (non-hydrogen) atoms. The van der Waals surface area contributed by atoms with Crippen molar-refractivity contribution in [2.75, 3.05) is 6.61 Å². The van der Waals surface area contributed by atoms with Gasteiger partial charge in [0.05, 0.1) is 0 Å². The second-order valence-electron chi connectivity index (χ2n) is 3.71. The number of alkyl halides is 2. The van der Waals surface area contributed by atoms with Crippen molar-refractivity contribution in [1.29, 1.82) is 0 Å². The molecule has 2 N–H and O–H groups in total. The van der Waals surface area contributed by atoms with Crippen LogP contribution >= 0.6 is 0 Å². The van der Waals surface area contributed by atoms with Crippen molar-refractivity contribution in [2.45, 2.75) is 25.3 Å². The molecule has 0 fully saturated rings. The van der Waals surface area contributed by atoms with Gasteiger partial charge in [0.1, 0.15) is 12.4 Å². The molecule has 2 rings (SSSR count). The van der Waals surface area contributed by atoms with E-state index in [0.29, 0.717) is 5.75 Å². The van der Waals surface area contributed by atoms with Gasteiger partial charge in [0, 0.05) is 6.04 Å². The van der Waals surface area contributed by atoms with Crippen LogP contribution in [0.4, 0.5) is 8.78 Å². The SMILES string of the molecule is N[C@@H]1CCc2cc(OCC(F)F)ccc21. The number of hydrogen-bond donors (Lipinski definition) is 1. The predicted octanol–water partition coefficient (Wildman–Crippen LogP) is 2.28. The number of ether oxygens (including phenoxy) is 1. The molecule has 1 aliphatic rings. The lowest BCUT2D eigenvalue weighted by Crippen LogP contribution is -2.08. The predicted molar refractivity (Wildman–Crippen MR) is 53.2 cm³/mol. The quantitative estimate of drug-likeness (QED) is 0.836. The van der Waals surface area contributed by atoms with Gasteiger partial charge < -0.3 is 10.5 Å². The number of rotatable bonds is 3. The summed E-state index contributed by atoms with van der Waals surface area (Å²) in [5.74, 6) is 0.503. The van der Waals surface area contributed by atoms with E-state index in [2.05, 4.69) is 0 Å². The maximum Gasteiger partial charge on any atom is 0.272 e. The summed E-state index contributed by atoms with van der Waals surface area (Å²) in [6, 6.07) is 5.47. The number of hydrogen-bond acceptors (Lipinski definition) is 2. The first-order valence-electron chi connectivity index (χ1n) is 4.96. The van der Waals surface area contributed by atoms with E-state index in [1.807, 2.05) is 12.1 Å². The Kier molecular flexibility index (Phi) is 2.86. The van der Waals surface area contributed by atoms with Crippen molar-refractivity contribution in [1.82, 2.24) is 0 Å². The molecular weight excluding hydrogens is 200 g/mol. The molecule has 0 bridgehead atoms. The summed E-state index contributed by atoms with van der Waals surface area (Å²) in [4.78, 5) is 0. The van der Waals surface area contributed by atoms with Crippen molar-refractivity contribution >= 4 is 0 Å². The van der Waals surface area contributed by atoms with Crippen LogP contribution in [0.25, 0.3) is 0 Å². The minimum Gasteiger partial charge on any atom is -0.488 e. The zero-order valence-corrected chi connectivity index (χ0v) is 8.25. The minimum absolute atomic E-state index is 0.0872. The largest absolute Gasteiger partial charge is 0.488 e. The van der Waals surface area contributed by atoms with Crippen LogP contribution in [0.1, 0.15) is 23.6 Å². The third-order valence-corrected chi connectivity index (χ3v) is 2.61. The molecule has 0 saturated heterocycles. The summed E-state index contributed by atoms with van der Waals surface area (Å²) in [6.45, 7) is -0.551. The van der Waals surface area contributed by atoms with Gasteiger partial charge in [0.25, 0.3) is 6.43 Å². The lowest BCUT2D eigenvalue weighted by molar-refractivity contribution is 0.0818. The number of halogens is 2. The lowest BCUT2D eigenvalue weighted by atomic mass is 10.1. The third-order valence-electron chi connectivity index (χ3n) is 2.61. The highest BCUT2D eigenvalue weighted by molar-refractivity contribution is 5.40. The van der Waals surface area contributed by atoms with Gasteiger partial charge >= 0.3 is 0 Å². The van der Waals surface area contributed by atoms with Crippen molar-refractivity contribution in [3.05, 3.63) is 29.3 Å². The topological polar surface area (TPSA) is 35.2 Å². The Morgan fingerprint density at radius 3 is 3.00 bits per heavy atom. The Hall–Kier alpha value is -1.16. The average Bonchev–Trinajstić information content (AvgIpc) is 2.57. The van der Waals surface area contributed by atoms with Gasteiger partial charge in [0.15, 0.2) is 0 Å². The summed E-state index contributed by atoms with van der Waals surface area (Å²) in [7, 11) is 0. The number of benzene rings is 1. The monoisotopic (exact) mass is 213 g/mol. The fourth-order valence-electron chi connectivity index (χ4n) is 1.88. The van der Waals surface area contributed by atoms with Crippen LogP contribution in [0.2, 0.25) is 0 Å². The Bertz CT molecular complexity index is 354. The molecule has 0 aliphatic heterocycles. The van der Waals surface area contributed by atoms with E-state index in [0.717, 1.165) is 24.0 Å². The number of aryl methyl sites for hydroxylation is 1. The van der Waals surface area contributed by atoms with E-state index in [9.17, 15) is 8.78 Å². The van der Waals surface area contributed by atoms with Gasteiger partial charge in [-0.2, -0.15) is 0 Å². The zero-order valence-electron chi connectivity index (χ0n) is 8.25. The summed E-state index contributed by atoms with van der Waals surface area (Å²) in [6.07, 6.45) is -0.601. The van der Waals surface area contributed by atoms with Crippen LogP contribution in [-0.4, -0.2) is 13.0 Å². The van der Waals surface area contributed by atoms with Crippen LogP contribution in [-0.2, 0) is 6.42 Å². The van der Waals surface area contributed by atoms with E-state index in [1.165, 1.54) is 0 Å². The standard InChI is InChI=1S/C11H13F2NO/c12-11(13)6-15-8-2-3-9-7(5-8)1-4-10(9)14/h2-3,5,10-11H,1,4,6,14H2/t10-/m1/s1. The number of fused-ring (bicyclic) bond motifs is 1. The second-order valence-corrected chi connectivity index (χ2v) is 3.71. The number of nitrogens with two attached hydrogens (primary N) is 1. The highest BCUT2D eigenvalue weighted by Crippen LogP contribution is 2.31. The molecule has 82 valence electrons. The minimum atomic E-state index is -2.43. The average molecular weight is 213 g/mol. The van der Waals surface area contributed by atoms with Gasteiger partial charge in [-0.3, -0.25) is 0 Å². The molecule has 0 radical (unpaired) electrons. The van der Waals surface area contributed by atoms with E-state index < -0.39 is 13.0 Å². The molecule has 0 aromatic heterocycles. The first-order valence-corrected chi connectivity index (χ1v) is 4.96. The zero-order chi connectivity index (χ0) is 10.8. The molecule has 0 amide bonds. The fourth-order valence-corrected chi connectivity index (χ4v) is 1.88. The summed E-state index contributed by atoms with van der Waals surface area (Å²) < 4.78 is 28.8. The van der Waals surface area contributed by atoms with Gasteiger partial charge in [0.2, 0.25) is 0 Å². The Morgan fingerprint density at radius 1 is 1.47 bits per heavy atom. The summed E-state index contributed by atoms with van der Waals surface area (Å²) >= 11 is 0. The van der Waals surface area contributed by atoms with Gasteiger partial charge in [-0.25, -0.2) is 8.78 Å². The van der Waals surface area contributed by atoms with E-state index >= 15 is 0 Å². The molecule has 1 aromatic rings. The summed E-state index contributed by atoms with van der Waals surface area (Å²) in [5.41, 5.74) is 8.09. The maximum absolute atomic E-state index is 11.9. The van der Waals surface area contributed by atoms with Crippen molar-refractivity contribution in [3.63, 3.8) is 0 Å². The highest BCUT2D eigenvalue weighted by atomic mass is 19.3. The van der Waals surface area contributed by atoms with Crippen LogP contribution in [0.3, 0.4) is 0 Å². The van der Waals surface area contributed by atoms with E-state index in [4.69, 9.17) is 10.5 Å². The van der Waals surface area contributed by atoms with Crippen molar-refractivity contribution < 1.29 is 13.5 Å². The maximum atomic E-state index is 11.9. The third kappa shape index (κ3) is 2.26. The van der Waals surface area contributed by atoms with Crippen LogP contribution < -0.4 is 10.5 Å². The van der Waals surface area contributed by atoms with E-state index in [-0.39, 0.29) is 6.04 Å². The van der Waals surface area contributed by atoms with Crippen molar-refractivity contribution in [3.8, 4) is 5.75 Å². The smallest absolute Gasteiger partial charge is 0.272 e. The lowest BCUT2D eigenvalue weighted by Gasteiger charge is -2.08. The van der Waals surface area contributed by atoms with Gasteiger partial charge in [-0.05, 0) is 36.1 Å². The Labute approximate surface area is 87.0 Å². The highest BCUT2D eigenvalue weighted by Gasteiger charge is 2.19. The molecule has 4 heteroatoms. The normalized spacial score (nSPS) is 19.3. The van der Waals surface area contributed by atoms with E-state index in [1.54, 1.807) is 6.07 Å². The van der Waals surface area contributed by atoms with Crippen LogP contribution in [0.5, 0.6) is 5.75 Å². The van der Waals surface area contributed by atoms with Gasteiger partial charge in [-0.1, -0.05) is 6.07 Å². The first kappa shape index (κ1) is 10.4.